The minimum Gasteiger partial charge on any atom is -0.343 e. The number of hydrogen-bond acceptors (Lipinski definition) is 2. The van der Waals surface area contributed by atoms with Gasteiger partial charge >= 0.3 is 6.18 Å². The van der Waals surface area contributed by atoms with Crippen LogP contribution in [-0.4, -0.2) is 23.6 Å². The zero-order valence-corrected chi connectivity index (χ0v) is 10.2. The molecule has 2 aromatic rings. The lowest BCUT2D eigenvalue weighted by Gasteiger charge is -2.10. The third kappa shape index (κ3) is 3.14. The number of nitrogens with one attached hydrogen (secondary N) is 1. The van der Waals surface area contributed by atoms with Gasteiger partial charge in [-0.1, -0.05) is 23.7 Å². The molecule has 0 unspecified atom stereocenters. The van der Waals surface area contributed by atoms with E-state index in [2.05, 4.69) is 4.98 Å². The molecule has 0 bridgehead atoms. The van der Waals surface area contributed by atoms with Gasteiger partial charge in [-0.25, -0.2) is 0 Å². The second-order valence-corrected chi connectivity index (χ2v) is 4.20. The number of hydrogen-bond donors (Lipinski definition) is 1. The van der Waals surface area contributed by atoms with E-state index in [-0.39, 0.29) is 11.1 Å². The van der Waals surface area contributed by atoms with E-state index in [0.29, 0.717) is 10.4 Å². The molecule has 0 aliphatic heterocycles. The molecule has 1 amide bonds. The summed E-state index contributed by atoms with van der Waals surface area (Å²) in [6.07, 6.45) is -3.06. The van der Waals surface area contributed by atoms with Crippen LogP contribution in [0, 0.1) is 0 Å². The summed E-state index contributed by atoms with van der Waals surface area (Å²) in [5.41, 5.74) is 0.332. The van der Waals surface area contributed by atoms with Crippen LogP contribution in [0.4, 0.5) is 13.2 Å². The summed E-state index contributed by atoms with van der Waals surface area (Å²) in [6.45, 7) is -1.39. The van der Waals surface area contributed by atoms with Crippen LogP contribution in [0.1, 0.15) is 10.4 Å². The van der Waals surface area contributed by atoms with E-state index in [4.69, 9.17) is 11.6 Å². The Bertz CT molecular complexity index is 628. The van der Waals surface area contributed by atoms with Crippen molar-refractivity contribution in [2.24, 2.45) is 0 Å². The fraction of sp³-hybridized carbons (Fsp3) is 0.167. The van der Waals surface area contributed by atoms with Crippen molar-refractivity contribution in [3.05, 3.63) is 41.0 Å². The highest BCUT2D eigenvalue weighted by atomic mass is 35.5. The normalized spacial score (nSPS) is 11.6. The number of rotatable bonds is 2. The summed E-state index contributed by atoms with van der Waals surface area (Å²) in [5.74, 6) is -0.835. The van der Waals surface area contributed by atoms with Crippen molar-refractivity contribution in [1.29, 1.82) is 0 Å². The second kappa shape index (κ2) is 5.05. The predicted molar refractivity (Wildman–Crippen MR) is 65.1 cm³/mol. The van der Waals surface area contributed by atoms with Gasteiger partial charge in [0.2, 0.25) is 0 Å². The van der Waals surface area contributed by atoms with Crippen LogP contribution in [-0.2, 0) is 0 Å². The Kier molecular flexibility index (Phi) is 3.61. The van der Waals surface area contributed by atoms with Crippen LogP contribution in [0.3, 0.4) is 0 Å². The number of amides is 1. The molecule has 1 N–H and O–H groups in total. The number of pyridine rings is 1. The predicted octanol–water partition coefficient (Wildman–Crippen LogP) is 3.18. The maximum Gasteiger partial charge on any atom is 0.405 e. The number of carbonyl (C=O) groups is 1. The van der Waals surface area contributed by atoms with Gasteiger partial charge in [0.05, 0.1) is 16.1 Å². The van der Waals surface area contributed by atoms with Crippen molar-refractivity contribution in [2.45, 2.75) is 6.18 Å². The van der Waals surface area contributed by atoms with Crippen molar-refractivity contribution < 1.29 is 18.0 Å². The van der Waals surface area contributed by atoms with Crippen molar-refractivity contribution in [2.75, 3.05) is 6.54 Å². The lowest BCUT2D eigenvalue weighted by Crippen LogP contribution is -2.33. The third-order valence-corrected chi connectivity index (χ3v) is 2.74. The number of benzene rings is 1. The number of para-hydroxylation sites is 1. The molecule has 0 fully saturated rings. The maximum atomic E-state index is 12.1. The van der Waals surface area contributed by atoms with Crippen molar-refractivity contribution >= 4 is 28.4 Å². The molecule has 1 aromatic carbocycles. The highest BCUT2D eigenvalue weighted by Gasteiger charge is 2.28. The Morgan fingerprint density at radius 2 is 2.05 bits per heavy atom. The molecule has 7 heteroatoms. The van der Waals surface area contributed by atoms with Gasteiger partial charge in [0, 0.05) is 11.6 Å². The first kappa shape index (κ1) is 13.6. The molecule has 0 saturated heterocycles. The fourth-order valence-electron chi connectivity index (χ4n) is 1.60. The number of carbonyl (C=O) groups excluding carboxylic acids is 1. The Hall–Kier alpha value is -1.82. The quantitative estimate of drug-likeness (QED) is 0.922. The molecule has 0 spiro atoms. The number of fused-ring (bicyclic) bond motifs is 1. The maximum absolute atomic E-state index is 12.1. The first-order chi connectivity index (χ1) is 8.88. The summed E-state index contributed by atoms with van der Waals surface area (Å²) in [6, 6.07) is 6.13. The van der Waals surface area contributed by atoms with Gasteiger partial charge in [0.15, 0.2) is 0 Å². The molecule has 0 aliphatic rings. The number of aromatic nitrogens is 1. The van der Waals surface area contributed by atoms with E-state index < -0.39 is 18.6 Å². The zero-order valence-electron chi connectivity index (χ0n) is 9.46. The van der Waals surface area contributed by atoms with E-state index >= 15 is 0 Å². The molecular weight excluding hydrogens is 281 g/mol. The van der Waals surface area contributed by atoms with Crippen molar-refractivity contribution in [3.63, 3.8) is 0 Å². The zero-order chi connectivity index (χ0) is 14.0. The minimum absolute atomic E-state index is 0.0595. The third-order valence-electron chi connectivity index (χ3n) is 2.41. The molecule has 100 valence electrons. The summed E-state index contributed by atoms with van der Waals surface area (Å²) in [7, 11) is 0. The average molecular weight is 289 g/mol. The number of alkyl halides is 3. The number of halogens is 4. The van der Waals surface area contributed by atoms with Crippen LogP contribution < -0.4 is 5.32 Å². The fourth-order valence-corrected chi connectivity index (χ4v) is 1.81. The van der Waals surface area contributed by atoms with E-state index in [1.165, 1.54) is 12.3 Å². The van der Waals surface area contributed by atoms with Crippen LogP contribution >= 0.6 is 11.6 Å². The van der Waals surface area contributed by atoms with Gasteiger partial charge in [-0.3, -0.25) is 9.78 Å². The average Bonchev–Trinajstić information content (AvgIpc) is 2.35. The minimum atomic E-state index is -4.45. The lowest BCUT2D eigenvalue weighted by molar-refractivity contribution is -0.123. The standard InChI is InChI=1S/C12H8ClF3N2O/c13-9-4-5-17-10-7(9)2-1-3-8(10)11(19)18-6-12(14,15)16/h1-5H,6H2,(H,18,19). The Morgan fingerprint density at radius 3 is 2.74 bits per heavy atom. The Labute approximate surface area is 111 Å². The Balaban J connectivity index is 2.35. The summed E-state index contributed by atoms with van der Waals surface area (Å²) in [5, 5.41) is 2.71. The molecular formula is C12H8ClF3N2O. The molecule has 19 heavy (non-hydrogen) atoms. The topological polar surface area (TPSA) is 42.0 Å². The van der Waals surface area contributed by atoms with Gasteiger partial charge in [-0.05, 0) is 12.1 Å². The second-order valence-electron chi connectivity index (χ2n) is 3.79. The monoisotopic (exact) mass is 288 g/mol. The molecule has 0 saturated carbocycles. The van der Waals surface area contributed by atoms with E-state index in [1.807, 2.05) is 0 Å². The SMILES string of the molecule is O=C(NCC(F)(F)F)c1cccc2c(Cl)ccnc12. The molecule has 0 aliphatic carbocycles. The van der Waals surface area contributed by atoms with Crippen molar-refractivity contribution in [3.8, 4) is 0 Å². The van der Waals surface area contributed by atoms with E-state index in [1.54, 1.807) is 23.5 Å². The van der Waals surface area contributed by atoms with Gasteiger partial charge in [0.1, 0.15) is 6.54 Å². The smallest absolute Gasteiger partial charge is 0.343 e. The van der Waals surface area contributed by atoms with Crippen LogP contribution in [0.2, 0.25) is 5.02 Å². The van der Waals surface area contributed by atoms with E-state index in [9.17, 15) is 18.0 Å². The lowest BCUT2D eigenvalue weighted by atomic mass is 10.1. The highest BCUT2D eigenvalue weighted by molar-refractivity contribution is 6.35. The van der Waals surface area contributed by atoms with Gasteiger partial charge < -0.3 is 5.32 Å². The van der Waals surface area contributed by atoms with Gasteiger partial charge in [-0.2, -0.15) is 13.2 Å². The molecule has 0 atom stereocenters. The first-order valence-electron chi connectivity index (χ1n) is 5.26. The molecule has 0 radical (unpaired) electrons. The van der Waals surface area contributed by atoms with Gasteiger partial charge in [0.25, 0.3) is 5.91 Å². The van der Waals surface area contributed by atoms with Crippen LogP contribution in [0.15, 0.2) is 30.5 Å². The molecule has 3 nitrogen and oxygen atoms in total. The first-order valence-corrected chi connectivity index (χ1v) is 5.64. The van der Waals surface area contributed by atoms with E-state index in [0.717, 1.165) is 0 Å². The summed E-state index contributed by atoms with van der Waals surface area (Å²) < 4.78 is 36.2. The van der Waals surface area contributed by atoms with Crippen LogP contribution in [0.25, 0.3) is 10.9 Å². The molecule has 1 heterocycles. The number of nitrogens with zero attached hydrogens (tertiary/aromatic N) is 1. The van der Waals surface area contributed by atoms with Crippen molar-refractivity contribution in [1.82, 2.24) is 10.3 Å². The largest absolute Gasteiger partial charge is 0.405 e. The molecule has 2 rings (SSSR count). The summed E-state index contributed by atoms with van der Waals surface area (Å²) >= 11 is 5.93. The molecule has 1 aromatic heterocycles. The highest BCUT2D eigenvalue weighted by Crippen LogP contribution is 2.24. The van der Waals surface area contributed by atoms with Crippen LogP contribution in [0.5, 0.6) is 0 Å². The Morgan fingerprint density at radius 1 is 1.32 bits per heavy atom. The van der Waals surface area contributed by atoms with Gasteiger partial charge in [-0.15, -0.1) is 0 Å². The summed E-state index contributed by atoms with van der Waals surface area (Å²) in [4.78, 5) is 15.7.